The summed E-state index contributed by atoms with van der Waals surface area (Å²) in [5, 5.41) is 10.8. The molecule has 3 rings (SSSR count). The molecule has 26 heavy (non-hydrogen) atoms. The van der Waals surface area contributed by atoms with Gasteiger partial charge in [0.25, 0.3) is 0 Å². The van der Waals surface area contributed by atoms with E-state index in [0.717, 1.165) is 34.3 Å². The number of benzene rings is 2. The third-order valence-corrected chi connectivity index (χ3v) is 5.02. The Balaban J connectivity index is 1.53. The summed E-state index contributed by atoms with van der Waals surface area (Å²) in [5.41, 5.74) is 3.08. The number of furan rings is 1. The summed E-state index contributed by atoms with van der Waals surface area (Å²) < 4.78 is 5.99. The first-order chi connectivity index (χ1) is 12.8. The highest BCUT2D eigenvalue weighted by molar-refractivity contribution is 5.84. The lowest BCUT2D eigenvalue weighted by molar-refractivity contribution is 0.475. The van der Waals surface area contributed by atoms with E-state index in [1.54, 1.807) is 12.1 Å². The van der Waals surface area contributed by atoms with Gasteiger partial charge in [0.1, 0.15) is 17.1 Å². The molecule has 0 aliphatic carbocycles. The van der Waals surface area contributed by atoms with E-state index < -0.39 is 0 Å². The highest BCUT2D eigenvalue weighted by Gasteiger charge is 2.06. The summed E-state index contributed by atoms with van der Waals surface area (Å²) in [5.74, 6) is 1.38. The molecule has 1 aromatic heterocycles. The minimum absolute atomic E-state index is 0.296. The van der Waals surface area contributed by atoms with Crippen LogP contribution >= 0.6 is 0 Å². The minimum Gasteiger partial charge on any atom is -0.508 e. The van der Waals surface area contributed by atoms with Crippen LogP contribution in [-0.4, -0.2) is 5.11 Å². The van der Waals surface area contributed by atoms with Crippen LogP contribution in [0.1, 0.15) is 64.1 Å². The van der Waals surface area contributed by atoms with Crippen LogP contribution in [0, 0.1) is 0 Å². The number of rotatable bonds is 10. The molecule has 2 heteroatoms. The molecule has 0 saturated heterocycles. The van der Waals surface area contributed by atoms with E-state index in [0.29, 0.717) is 5.75 Å². The molecule has 138 valence electrons. The van der Waals surface area contributed by atoms with Crippen molar-refractivity contribution in [2.24, 2.45) is 0 Å². The Morgan fingerprint density at radius 2 is 1.50 bits per heavy atom. The van der Waals surface area contributed by atoms with Gasteiger partial charge in [0.2, 0.25) is 0 Å². The molecule has 3 aromatic rings. The lowest BCUT2D eigenvalue weighted by Gasteiger charge is -2.02. The monoisotopic (exact) mass is 350 g/mol. The van der Waals surface area contributed by atoms with Crippen molar-refractivity contribution in [2.45, 2.75) is 64.7 Å². The van der Waals surface area contributed by atoms with Gasteiger partial charge in [-0.3, -0.25) is 0 Å². The molecule has 2 nitrogen and oxygen atoms in total. The predicted octanol–water partition coefficient (Wildman–Crippen LogP) is 7.49. The quantitative estimate of drug-likeness (QED) is 0.384. The van der Waals surface area contributed by atoms with Crippen LogP contribution in [0.4, 0.5) is 0 Å². The Hall–Kier alpha value is -2.22. The van der Waals surface area contributed by atoms with Crippen molar-refractivity contribution in [3.63, 3.8) is 0 Å². The number of hydrogen-bond donors (Lipinski definition) is 1. The van der Waals surface area contributed by atoms with Gasteiger partial charge in [-0.2, -0.15) is 0 Å². The average molecular weight is 351 g/mol. The number of aryl methyl sites for hydroxylation is 1. The summed E-state index contributed by atoms with van der Waals surface area (Å²) in [4.78, 5) is 0. The molecule has 0 atom stereocenters. The number of phenols is 1. The third kappa shape index (κ3) is 5.14. The van der Waals surface area contributed by atoms with Crippen molar-refractivity contribution in [1.82, 2.24) is 0 Å². The predicted molar refractivity (Wildman–Crippen MR) is 110 cm³/mol. The number of fused-ring (bicyclic) bond motifs is 1. The highest BCUT2D eigenvalue weighted by Crippen LogP contribution is 2.29. The Labute approximate surface area is 156 Å². The average Bonchev–Trinajstić information content (AvgIpc) is 3.06. The fourth-order valence-corrected chi connectivity index (χ4v) is 3.52. The van der Waals surface area contributed by atoms with Crippen molar-refractivity contribution in [2.75, 3.05) is 0 Å². The van der Waals surface area contributed by atoms with Gasteiger partial charge in [-0.05, 0) is 47.9 Å². The molecule has 1 N–H and O–H groups in total. The number of phenolic OH excluding ortho intramolecular Hbond substituents is 1. The second-order valence-electron chi connectivity index (χ2n) is 7.24. The van der Waals surface area contributed by atoms with Crippen LogP contribution in [0.2, 0.25) is 0 Å². The van der Waals surface area contributed by atoms with E-state index in [2.05, 4.69) is 25.1 Å². The minimum atomic E-state index is 0.296. The fourth-order valence-electron chi connectivity index (χ4n) is 3.52. The molecule has 0 spiro atoms. The topological polar surface area (TPSA) is 33.4 Å². The highest BCUT2D eigenvalue weighted by atomic mass is 16.3. The summed E-state index contributed by atoms with van der Waals surface area (Å²) in [7, 11) is 0. The number of aromatic hydroxyl groups is 1. The smallest absolute Gasteiger partial charge is 0.134 e. The largest absolute Gasteiger partial charge is 0.508 e. The maximum absolute atomic E-state index is 9.67. The Morgan fingerprint density at radius 1 is 0.769 bits per heavy atom. The van der Waals surface area contributed by atoms with Gasteiger partial charge in [0.05, 0.1) is 0 Å². The normalized spacial score (nSPS) is 11.3. The van der Waals surface area contributed by atoms with E-state index in [1.807, 2.05) is 18.2 Å². The van der Waals surface area contributed by atoms with Gasteiger partial charge in [0, 0.05) is 11.8 Å². The lowest BCUT2D eigenvalue weighted by Crippen LogP contribution is -1.84. The van der Waals surface area contributed by atoms with Crippen molar-refractivity contribution in [1.29, 1.82) is 0 Å². The molecule has 0 aliphatic heterocycles. The zero-order valence-corrected chi connectivity index (χ0v) is 15.8. The first kappa shape index (κ1) is 18.6. The molecule has 0 aliphatic rings. The molecule has 0 saturated carbocycles. The van der Waals surface area contributed by atoms with Crippen molar-refractivity contribution < 1.29 is 9.52 Å². The van der Waals surface area contributed by atoms with Crippen molar-refractivity contribution in [3.05, 3.63) is 54.3 Å². The SMILES string of the molecule is CCCCCCCCCCc1cc2cc(-c3cccc(O)c3)ccc2o1. The van der Waals surface area contributed by atoms with E-state index in [4.69, 9.17) is 4.42 Å². The zero-order chi connectivity index (χ0) is 18.2. The maximum Gasteiger partial charge on any atom is 0.134 e. The fraction of sp³-hybridized carbons (Fsp3) is 0.417. The van der Waals surface area contributed by atoms with Crippen LogP contribution in [0.5, 0.6) is 5.75 Å². The summed E-state index contributed by atoms with van der Waals surface area (Å²) in [6, 6.07) is 15.8. The summed E-state index contributed by atoms with van der Waals surface area (Å²) in [6.45, 7) is 2.26. The van der Waals surface area contributed by atoms with Gasteiger partial charge in [-0.15, -0.1) is 0 Å². The van der Waals surface area contributed by atoms with E-state index in [1.165, 1.54) is 51.4 Å². The molecule has 2 aromatic carbocycles. The Bertz CT molecular complexity index is 816. The van der Waals surface area contributed by atoms with E-state index >= 15 is 0 Å². The molecule has 0 amide bonds. The second kappa shape index (κ2) is 9.47. The van der Waals surface area contributed by atoms with E-state index in [-0.39, 0.29) is 0 Å². The van der Waals surface area contributed by atoms with Crippen LogP contribution in [0.25, 0.3) is 22.1 Å². The van der Waals surface area contributed by atoms with Gasteiger partial charge in [-0.25, -0.2) is 0 Å². The zero-order valence-electron chi connectivity index (χ0n) is 15.8. The van der Waals surface area contributed by atoms with Gasteiger partial charge >= 0.3 is 0 Å². The molecular weight excluding hydrogens is 320 g/mol. The molecule has 1 heterocycles. The van der Waals surface area contributed by atoms with Crippen LogP contribution in [0.3, 0.4) is 0 Å². The maximum atomic E-state index is 9.67. The van der Waals surface area contributed by atoms with Gasteiger partial charge < -0.3 is 9.52 Å². The standard InChI is InChI=1S/C24H30O2/c1-2-3-4-5-6-7-8-9-13-23-18-21-16-20(14-15-24(21)26-23)19-11-10-12-22(25)17-19/h10-12,14-18,25H,2-9,13H2,1H3. The van der Waals surface area contributed by atoms with Crippen molar-refractivity contribution in [3.8, 4) is 16.9 Å². The first-order valence-corrected chi connectivity index (χ1v) is 10.1. The Morgan fingerprint density at radius 3 is 2.27 bits per heavy atom. The first-order valence-electron chi connectivity index (χ1n) is 10.1. The third-order valence-electron chi connectivity index (χ3n) is 5.02. The second-order valence-corrected chi connectivity index (χ2v) is 7.24. The Kier molecular flexibility index (Phi) is 6.76. The van der Waals surface area contributed by atoms with Crippen molar-refractivity contribution >= 4 is 11.0 Å². The van der Waals surface area contributed by atoms with Crippen LogP contribution in [0.15, 0.2) is 52.9 Å². The number of unbranched alkanes of at least 4 members (excludes halogenated alkanes) is 7. The number of hydrogen-bond acceptors (Lipinski definition) is 2. The molecule has 0 fully saturated rings. The van der Waals surface area contributed by atoms with Gasteiger partial charge in [0.15, 0.2) is 0 Å². The molecule has 0 radical (unpaired) electrons. The molecule has 0 bridgehead atoms. The van der Waals surface area contributed by atoms with Crippen LogP contribution in [-0.2, 0) is 6.42 Å². The molecular formula is C24H30O2. The lowest BCUT2D eigenvalue weighted by atomic mass is 10.0. The summed E-state index contributed by atoms with van der Waals surface area (Å²) in [6.07, 6.45) is 11.7. The molecule has 0 unspecified atom stereocenters. The summed E-state index contributed by atoms with van der Waals surface area (Å²) >= 11 is 0. The van der Waals surface area contributed by atoms with E-state index in [9.17, 15) is 5.11 Å². The van der Waals surface area contributed by atoms with Gasteiger partial charge in [-0.1, -0.05) is 70.1 Å². The van der Waals surface area contributed by atoms with Crippen LogP contribution < -0.4 is 0 Å².